The van der Waals surface area contributed by atoms with Gasteiger partial charge in [0.15, 0.2) is 0 Å². The molecule has 0 atom stereocenters. The second-order valence-electron chi connectivity index (χ2n) is 12.4. The van der Waals surface area contributed by atoms with E-state index in [2.05, 4.69) is 129 Å². The Morgan fingerprint density at radius 3 is 1.12 bits per heavy atom. The van der Waals surface area contributed by atoms with Crippen molar-refractivity contribution in [2.75, 3.05) is 0 Å². The minimum atomic E-state index is 0.491. The molecule has 0 aliphatic rings. The zero-order valence-electron chi connectivity index (χ0n) is 26.2. The fourth-order valence-corrected chi connectivity index (χ4v) is 7.90. The molecule has 226 valence electrons. The zero-order valence-corrected chi connectivity index (χ0v) is 26.2. The lowest BCUT2D eigenvalue weighted by Gasteiger charge is -2.19. The number of nitriles is 2. The molecule has 0 saturated heterocycles. The Morgan fingerprint density at radius 1 is 0.327 bits per heavy atom. The normalized spacial score (nSPS) is 11.6. The Kier molecular flexibility index (Phi) is 5.64. The van der Waals surface area contributed by atoms with Crippen molar-refractivity contribution in [3.63, 3.8) is 0 Å². The minimum Gasteiger partial charge on any atom is -0.309 e. The summed E-state index contributed by atoms with van der Waals surface area (Å²) in [5.41, 5.74) is 9.58. The van der Waals surface area contributed by atoms with E-state index in [1.54, 1.807) is 12.1 Å². The van der Waals surface area contributed by atoms with E-state index in [4.69, 9.17) is 0 Å². The highest BCUT2D eigenvalue weighted by atomic mass is 15.1. The molecule has 0 aliphatic heterocycles. The van der Waals surface area contributed by atoms with Gasteiger partial charge in [-0.25, -0.2) is 0 Å². The van der Waals surface area contributed by atoms with Crippen molar-refractivity contribution in [1.29, 1.82) is 10.5 Å². The van der Waals surface area contributed by atoms with Crippen LogP contribution >= 0.6 is 0 Å². The van der Waals surface area contributed by atoms with Crippen LogP contribution in [0.4, 0.5) is 0 Å². The Balaban J connectivity index is 1.42. The molecular weight excluding hydrogens is 599 g/mol. The molecule has 0 saturated carbocycles. The van der Waals surface area contributed by atoms with Crippen molar-refractivity contribution in [3.8, 4) is 29.2 Å². The van der Waals surface area contributed by atoms with Gasteiger partial charge >= 0.3 is 0 Å². The molecule has 3 heterocycles. The molecule has 0 bridgehead atoms. The van der Waals surface area contributed by atoms with E-state index < -0.39 is 0 Å². The number of hydrogen-bond donors (Lipinski definition) is 0. The molecule has 0 aliphatic carbocycles. The molecule has 0 amide bonds. The number of nitrogens with zero attached hydrogens (tertiary/aromatic N) is 5. The van der Waals surface area contributed by atoms with E-state index in [0.717, 1.165) is 71.1 Å². The first kappa shape index (κ1) is 27.1. The third-order valence-electron chi connectivity index (χ3n) is 9.90. The summed E-state index contributed by atoms with van der Waals surface area (Å²) in [4.78, 5) is 0. The predicted octanol–water partition coefficient (Wildman–Crippen LogP) is 10.7. The highest BCUT2D eigenvalue weighted by molar-refractivity contribution is 6.19. The van der Waals surface area contributed by atoms with Crippen molar-refractivity contribution in [2.24, 2.45) is 0 Å². The Bertz CT molecular complexity index is 3020. The fraction of sp³-hybridized carbons (Fsp3) is 0. The van der Waals surface area contributed by atoms with Gasteiger partial charge in [-0.3, -0.25) is 0 Å². The first-order valence-electron chi connectivity index (χ1n) is 16.2. The molecular formula is C44H25N5. The largest absolute Gasteiger partial charge is 0.309 e. The minimum absolute atomic E-state index is 0.491. The number of aromatic nitrogens is 3. The van der Waals surface area contributed by atoms with Crippen LogP contribution in [0, 0.1) is 22.7 Å². The second kappa shape index (κ2) is 10.2. The summed E-state index contributed by atoms with van der Waals surface area (Å²) in [6, 6.07) is 57.0. The molecule has 0 fully saturated rings. The van der Waals surface area contributed by atoms with Crippen LogP contribution < -0.4 is 0 Å². The summed E-state index contributed by atoms with van der Waals surface area (Å²) in [5.74, 6) is 0. The summed E-state index contributed by atoms with van der Waals surface area (Å²) < 4.78 is 6.70. The van der Waals surface area contributed by atoms with Gasteiger partial charge in [-0.1, -0.05) is 91.0 Å². The molecule has 10 aromatic rings. The summed E-state index contributed by atoms with van der Waals surface area (Å²) in [5, 5.41) is 28.0. The molecule has 49 heavy (non-hydrogen) atoms. The standard InChI is InChI=1S/C44H25N5/c45-26-28-22-23-29(27-46)44(43(28)48-38-19-9-4-14-31(38)32-15-5-10-20-39(32)48)49-40-21-11-7-17-34(40)36-24-41-35(25-42(36)49)33-16-6-8-18-37(33)47(41)30-12-2-1-3-13-30/h1-25H. The van der Waals surface area contributed by atoms with Crippen LogP contribution in [-0.4, -0.2) is 13.7 Å². The maximum atomic E-state index is 10.8. The lowest BCUT2D eigenvalue weighted by Crippen LogP contribution is -2.08. The summed E-state index contributed by atoms with van der Waals surface area (Å²) in [7, 11) is 0. The molecule has 10 rings (SSSR count). The van der Waals surface area contributed by atoms with Crippen molar-refractivity contribution < 1.29 is 0 Å². The van der Waals surface area contributed by atoms with Gasteiger partial charge in [0, 0.05) is 38.0 Å². The van der Waals surface area contributed by atoms with Gasteiger partial charge in [0.25, 0.3) is 0 Å². The van der Waals surface area contributed by atoms with Crippen LogP contribution in [0.5, 0.6) is 0 Å². The van der Waals surface area contributed by atoms with E-state index in [1.807, 2.05) is 36.4 Å². The highest BCUT2D eigenvalue weighted by Gasteiger charge is 2.25. The van der Waals surface area contributed by atoms with Crippen molar-refractivity contribution in [3.05, 3.63) is 163 Å². The summed E-state index contributed by atoms with van der Waals surface area (Å²) in [6.45, 7) is 0. The number of fused-ring (bicyclic) bond motifs is 9. The first-order chi connectivity index (χ1) is 24.3. The lowest BCUT2D eigenvalue weighted by atomic mass is 10.1. The van der Waals surface area contributed by atoms with Gasteiger partial charge < -0.3 is 13.7 Å². The number of para-hydroxylation sites is 5. The van der Waals surface area contributed by atoms with Crippen molar-refractivity contribution in [2.45, 2.75) is 0 Å². The van der Waals surface area contributed by atoms with E-state index >= 15 is 0 Å². The molecule has 5 nitrogen and oxygen atoms in total. The van der Waals surface area contributed by atoms with Crippen LogP contribution in [0.3, 0.4) is 0 Å². The van der Waals surface area contributed by atoms with E-state index in [-0.39, 0.29) is 0 Å². The van der Waals surface area contributed by atoms with Crippen molar-refractivity contribution >= 4 is 65.4 Å². The molecule has 0 unspecified atom stereocenters. The molecule has 0 spiro atoms. The summed E-state index contributed by atoms with van der Waals surface area (Å²) >= 11 is 0. The fourth-order valence-electron chi connectivity index (χ4n) is 7.90. The number of benzene rings is 7. The average molecular weight is 624 g/mol. The molecule has 7 aromatic carbocycles. The Morgan fingerprint density at radius 2 is 0.673 bits per heavy atom. The number of rotatable bonds is 3. The molecule has 0 N–H and O–H groups in total. The maximum Gasteiger partial charge on any atom is 0.101 e. The molecule has 5 heteroatoms. The quantitative estimate of drug-likeness (QED) is 0.197. The zero-order chi connectivity index (χ0) is 32.6. The first-order valence-corrected chi connectivity index (χ1v) is 16.2. The van der Waals surface area contributed by atoms with Gasteiger partial charge in [0.1, 0.15) is 12.1 Å². The predicted molar refractivity (Wildman–Crippen MR) is 199 cm³/mol. The van der Waals surface area contributed by atoms with Crippen LogP contribution in [-0.2, 0) is 0 Å². The van der Waals surface area contributed by atoms with Gasteiger partial charge in [0.2, 0.25) is 0 Å². The van der Waals surface area contributed by atoms with Crippen LogP contribution in [0.15, 0.2) is 152 Å². The van der Waals surface area contributed by atoms with Gasteiger partial charge in [-0.2, -0.15) is 10.5 Å². The Labute approximate surface area is 280 Å². The summed E-state index contributed by atoms with van der Waals surface area (Å²) in [6.07, 6.45) is 0. The molecule has 3 aromatic heterocycles. The van der Waals surface area contributed by atoms with Crippen LogP contribution in [0.1, 0.15) is 11.1 Å². The smallest absolute Gasteiger partial charge is 0.101 e. The van der Waals surface area contributed by atoms with Crippen LogP contribution in [0.2, 0.25) is 0 Å². The average Bonchev–Trinajstić information content (AvgIpc) is 3.79. The third kappa shape index (κ3) is 3.67. The lowest BCUT2D eigenvalue weighted by molar-refractivity contribution is 1.08. The third-order valence-corrected chi connectivity index (χ3v) is 9.90. The van der Waals surface area contributed by atoms with E-state index in [1.165, 1.54) is 0 Å². The van der Waals surface area contributed by atoms with Gasteiger partial charge in [-0.05, 0) is 60.7 Å². The van der Waals surface area contributed by atoms with Crippen molar-refractivity contribution in [1.82, 2.24) is 13.7 Å². The second-order valence-corrected chi connectivity index (χ2v) is 12.4. The molecule has 0 radical (unpaired) electrons. The Hall–Kier alpha value is -7.08. The maximum absolute atomic E-state index is 10.8. The monoisotopic (exact) mass is 623 g/mol. The van der Waals surface area contributed by atoms with E-state index in [0.29, 0.717) is 22.5 Å². The topological polar surface area (TPSA) is 62.4 Å². The number of hydrogen-bond acceptors (Lipinski definition) is 2. The van der Waals surface area contributed by atoms with Gasteiger partial charge in [-0.15, -0.1) is 0 Å². The highest BCUT2D eigenvalue weighted by Crippen LogP contribution is 2.43. The SMILES string of the molecule is N#Cc1ccc(C#N)c(-n2c3ccccc3c3cc4c(cc32)c2ccccc2n4-c2ccccc2)c1-n1c2ccccc2c2ccccc21. The van der Waals surface area contributed by atoms with Crippen LogP contribution in [0.25, 0.3) is 82.5 Å². The van der Waals surface area contributed by atoms with Gasteiger partial charge in [0.05, 0.1) is 55.6 Å². The van der Waals surface area contributed by atoms with E-state index in [9.17, 15) is 10.5 Å².